The second kappa shape index (κ2) is 13.7. The highest BCUT2D eigenvalue weighted by molar-refractivity contribution is 5.95. The summed E-state index contributed by atoms with van der Waals surface area (Å²) < 4.78 is 83.5. The number of esters is 1. The van der Waals surface area contributed by atoms with Crippen molar-refractivity contribution in [3.8, 4) is 11.3 Å². The van der Waals surface area contributed by atoms with Crippen LogP contribution < -0.4 is 5.32 Å². The molecular formula is C32H33F6N3O3. The Balaban J connectivity index is 1.50. The number of nitrogens with one attached hydrogen (secondary N) is 1. The number of benzene rings is 2. The molecule has 2 aromatic carbocycles. The van der Waals surface area contributed by atoms with E-state index in [-0.39, 0.29) is 37.4 Å². The van der Waals surface area contributed by atoms with Crippen LogP contribution in [0.25, 0.3) is 11.3 Å². The largest absolute Gasteiger partial charge is 0.466 e. The molecule has 2 atom stereocenters. The Morgan fingerprint density at radius 1 is 1.05 bits per heavy atom. The van der Waals surface area contributed by atoms with Crippen molar-refractivity contribution in [2.75, 3.05) is 25.0 Å². The third-order valence-electron chi connectivity index (χ3n) is 7.55. The molecule has 236 valence electrons. The first kappa shape index (κ1) is 32.8. The van der Waals surface area contributed by atoms with E-state index >= 15 is 0 Å². The van der Waals surface area contributed by atoms with Gasteiger partial charge in [0.25, 0.3) is 5.91 Å². The van der Waals surface area contributed by atoms with Crippen LogP contribution in [0.2, 0.25) is 0 Å². The van der Waals surface area contributed by atoms with Gasteiger partial charge in [0, 0.05) is 42.5 Å². The molecule has 1 saturated heterocycles. The van der Waals surface area contributed by atoms with Crippen molar-refractivity contribution in [3.05, 3.63) is 83.0 Å². The minimum atomic E-state index is -4.52. The molecule has 0 radical (unpaired) electrons. The van der Waals surface area contributed by atoms with Crippen LogP contribution in [-0.2, 0) is 15.7 Å². The van der Waals surface area contributed by atoms with Gasteiger partial charge in [0.05, 0.1) is 29.8 Å². The minimum Gasteiger partial charge on any atom is -0.466 e. The fraction of sp³-hybridized carbons (Fsp3) is 0.406. The molecule has 0 bridgehead atoms. The van der Waals surface area contributed by atoms with E-state index in [0.29, 0.717) is 53.0 Å². The van der Waals surface area contributed by atoms with Gasteiger partial charge < -0.3 is 15.0 Å². The Morgan fingerprint density at radius 2 is 1.77 bits per heavy atom. The lowest BCUT2D eigenvalue weighted by Gasteiger charge is -2.31. The Morgan fingerprint density at radius 3 is 2.36 bits per heavy atom. The van der Waals surface area contributed by atoms with Gasteiger partial charge in [0.2, 0.25) is 0 Å². The van der Waals surface area contributed by atoms with Crippen molar-refractivity contribution in [3.63, 3.8) is 0 Å². The van der Waals surface area contributed by atoms with Crippen molar-refractivity contribution >= 4 is 17.6 Å². The number of carbonyl (C=O) groups is 2. The van der Waals surface area contributed by atoms with Gasteiger partial charge in [-0.3, -0.25) is 14.6 Å². The molecule has 1 N–H and O–H groups in total. The highest BCUT2D eigenvalue weighted by Gasteiger charge is 2.32. The Hall–Kier alpha value is -4.09. The topological polar surface area (TPSA) is 71.5 Å². The van der Waals surface area contributed by atoms with Gasteiger partial charge >= 0.3 is 18.3 Å². The van der Waals surface area contributed by atoms with Crippen LogP contribution in [0.1, 0.15) is 65.7 Å². The van der Waals surface area contributed by atoms with Crippen LogP contribution in [0, 0.1) is 12.8 Å². The van der Waals surface area contributed by atoms with Crippen LogP contribution in [0.3, 0.4) is 0 Å². The highest BCUT2D eigenvalue weighted by atomic mass is 19.4. The summed E-state index contributed by atoms with van der Waals surface area (Å²) in [5.41, 5.74) is 2.06. The molecule has 1 aliphatic rings. The van der Waals surface area contributed by atoms with E-state index in [1.807, 2.05) is 0 Å². The number of alkyl halides is 6. The van der Waals surface area contributed by atoms with Crippen LogP contribution in [-0.4, -0.2) is 47.6 Å². The third-order valence-corrected chi connectivity index (χ3v) is 7.55. The summed E-state index contributed by atoms with van der Waals surface area (Å²) in [6.07, 6.45) is -8.16. The molecule has 4 rings (SSSR count). The number of nitrogens with zero attached hydrogens (tertiary/aromatic N) is 2. The Labute approximate surface area is 251 Å². The third kappa shape index (κ3) is 8.51. The zero-order valence-corrected chi connectivity index (χ0v) is 24.3. The van der Waals surface area contributed by atoms with Gasteiger partial charge in [-0.2, -0.15) is 26.3 Å². The normalized spacial score (nSPS) is 16.4. The Kier molecular flexibility index (Phi) is 10.2. The summed E-state index contributed by atoms with van der Waals surface area (Å²) in [7, 11) is 0. The monoisotopic (exact) mass is 621 g/mol. The van der Waals surface area contributed by atoms with E-state index in [4.69, 9.17) is 4.74 Å². The van der Waals surface area contributed by atoms with Gasteiger partial charge in [-0.25, -0.2) is 0 Å². The molecule has 1 unspecified atom stereocenters. The zero-order valence-electron chi connectivity index (χ0n) is 24.3. The predicted molar refractivity (Wildman–Crippen MR) is 153 cm³/mol. The van der Waals surface area contributed by atoms with Crippen molar-refractivity contribution < 1.29 is 40.7 Å². The Bertz CT molecular complexity index is 1440. The lowest BCUT2D eigenvalue weighted by Crippen LogP contribution is -2.42. The number of piperidine rings is 1. The van der Waals surface area contributed by atoms with Crippen LogP contribution >= 0.6 is 0 Å². The van der Waals surface area contributed by atoms with Gasteiger partial charge in [-0.05, 0) is 86.7 Å². The molecule has 1 fully saturated rings. The van der Waals surface area contributed by atoms with Gasteiger partial charge in [-0.15, -0.1) is 0 Å². The molecule has 3 aromatic rings. The minimum absolute atomic E-state index is 0.248. The number of ether oxygens (including phenoxy) is 1. The van der Waals surface area contributed by atoms with Gasteiger partial charge in [-0.1, -0.05) is 12.1 Å². The number of aryl methyl sites for hydroxylation is 1. The molecule has 1 aromatic heterocycles. The number of hydrogen-bond acceptors (Lipinski definition) is 5. The van der Waals surface area contributed by atoms with Crippen molar-refractivity contribution in [1.29, 1.82) is 0 Å². The van der Waals surface area contributed by atoms with Crippen molar-refractivity contribution in [2.45, 2.75) is 57.9 Å². The quantitative estimate of drug-likeness (QED) is 0.194. The molecule has 0 spiro atoms. The number of halogens is 6. The van der Waals surface area contributed by atoms with E-state index in [9.17, 15) is 35.9 Å². The predicted octanol–water partition coefficient (Wildman–Crippen LogP) is 7.99. The first-order valence-corrected chi connectivity index (χ1v) is 14.3. The van der Waals surface area contributed by atoms with E-state index in [1.165, 1.54) is 6.07 Å². The van der Waals surface area contributed by atoms with E-state index < -0.39 is 30.4 Å². The van der Waals surface area contributed by atoms with E-state index in [0.717, 1.165) is 12.3 Å². The summed E-state index contributed by atoms with van der Waals surface area (Å²) in [6, 6.07) is 12.8. The van der Waals surface area contributed by atoms with Crippen LogP contribution in [0.15, 0.2) is 60.8 Å². The van der Waals surface area contributed by atoms with E-state index in [1.54, 1.807) is 61.2 Å². The second-order valence-electron chi connectivity index (χ2n) is 10.8. The molecular weight excluding hydrogens is 588 g/mol. The molecule has 44 heavy (non-hydrogen) atoms. The SMILES string of the molecule is CCOC(=O)[C@@H]1CCCN(C(=O)c2ccc(NC(CCC(F)(F)F)c3ccc(-c4ccc(C(F)(F)F)cn4)cc3C)cc2)C1. The summed E-state index contributed by atoms with van der Waals surface area (Å²) in [5.74, 6) is -0.955. The van der Waals surface area contributed by atoms with Gasteiger partial charge in [0.15, 0.2) is 0 Å². The van der Waals surface area contributed by atoms with Crippen molar-refractivity contribution in [1.82, 2.24) is 9.88 Å². The average Bonchev–Trinajstić information content (AvgIpc) is 2.99. The second-order valence-corrected chi connectivity index (χ2v) is 10.8. The maximum Gasteiger partial charge on any atom is 0.417 e. The van der Waals surface area contributed by atoms with Crippen molar-refractivity contribution in [2.24, 2.45) is 5.92 Å². The molecule has 2 heterocycles. The fourth-order valence-corrected chi connectivity index (χ4v) is 5.28. The standard InChI is InChI=1S/C32H33F6N3O3/c1-3-44-30(43)23-5-4-16-41(19-23)29(42)21-6-10-25(11-7-21)40-28(14-15-31(33,34)35)26-12-8-22(17-20(26)2)27-13-9-24(18-39-27)32(36,37)38/h6-13,17-18,23,28,40H,3-5,14-16,19H2,1-2H3/t23-,28?/m1/s1. The summed E-state index contributed by atoms with van der Waals surface area (Å²) in [5, 5.41) is 3.15. The highest BCUT2D eigenvalue weighted by Crippen LogP contribution is 2.34. The number of carbonyl (C=O) groups excluding carboxylic acids is 2. The van der Waals surface area contributed by atoms with Gasteiger partial charge in [0.1, 0.15) is 0 Å². The number of hydrogen-bond donors (Lipinski definition) is 1. The summed E-state index contributed by atoms with van der Waals surface area (Å²) in [6.45, 7) is 4.47. The summed E-state index contributed by atoms with van der Waals surface area (Å²) in [4.78, 5) is 30.8. The number of amides is 1. The van der Waals surface area contributed by atoms with Crippen LogP contribution in [0.4, 0.5) is 32.0 Å². The summed E-state index contributed by atoms with van der Waals surface area (Å²) >= 11 is 0. The maximum atomic E-state index is 13.2. The first-order valence-electron chi connectivity index (χ1n) is 14.3. The average molecular weight is 622 g/mol. The number of anilines is 1. The zero-order chi connectivity index (χ0) is 32.1. The molecule has 1 amide bonds. The lowest BCUT2D eigenvalue weighted by molar-refractivity contribution is -0.149. The van der Waals surface area contributed by atoms with E-state index in [2.05, 4.69) is 10.3 Å². The molecule has 12 heteroatoms. The molecule has 1 aliphatic heterocycles. The number of likely N-dealkylation sites (tertiary alicyclic amines) is 1. The molecule has 0 saturated carbocycles. The number of rotatable bonds is 9. The molecule has 6 nitrogen and oxygen atoms in total. The lowest BCUT2D eigenvalue weighted by atomic mass is 9.94. The maximum absolute atomic E-state index is 13.2. The first-order chi connectivity index (χ1) is 20.7. The fourth-order valence-electron chi connectivity index (χ4n) is 5.28. The smallest absolute Gasteiger partial charge is 0.417 e. The van der Waals surface area contributed by atoms with Crippen LogP contribution in [0.5, 0.6) is 0 Å². The number of pyridine rings is 1. The number of aromatic nitrogens is 1. The molecule has 0 aliphatic carbocycles.